The number of hydrogen-bond donors (Lipinski definition) is 2. The largest absolute Gasteiger partial charge is 0.381 e. The summed E-state index contributed by atoms with van der Waals surface area (Å²) in [6.07, 6.45) is 3.91. The van der Waals surface area contributed by atoms with E-state index in [-0.39, 0.29) is 6.04 Å². The van der Waals surface area contributed by atoms with Crippen LogP contribution < -0.4 is 11.3 Å². The number of nitrogens with one attached hydrogen (secondary N) is 1. The Hall–Kier alpha value is -0.430. The van der Waals surface area contributed by atoms with E-state index < -0.39 is 0 Å². The maximum absolute atomic E-state index is 5.78. The number of nitrogens with zero attached hydrogens (tertiary/aromatic N) is 2. The number of aromatic nitrogens is 2. The fourth-order valence-corrected chi connectivity index (χ4v) is 3.06. The lowest BCUT2D eigenvalue weighted by atomic mass is 9.90. The molecule has 0 bridgehead atoms. The number of nitrogens with two attached hydrogens (primary N) is 1. The van der Waals surface area contributed by atoms with Crippen molar-refractivity contribution in [2.24, 2.45) is 11.8 Å². The van der Waals surface area contributed by atoms with E-state index in [0.717, 1.165) is 36.2 Å². The Morgan fingerprint density at radius 1 is 1.50 bits per heavy atom. The first kappa shape index (κ1) is 14.0. The van der Waals surface area contributed by atoms with Gasteiger partial charge in [-0.2, -0.15) is 5.10 Å². The highest BCUT2D eigenvalue weighted by Crippen LogP contribution is 2.34. The van der Waals surface area contributed by atoms with Gasteiger partial charge in [0.15, 0.2) is 0 Å². The Bertz CT molecular complexity index is 387. The van der Waals surface area contributed by atoms with E-state index in [2.05, 4.69) is 40.3 Å². The van der Waals surface area contributed by atoms with Crippen LogP contribution in [0.3, 0.4) is 0 Å². The highest BCUT2D eigenvalue weighted by atomic mass is 79.9. The molecule has 1 unspecified atom stereocenters. The normalized spacial score (nSPS) is 19.4. The summed E-state index contributed by atoms with van der Waals surface area (Å²) in [6.45, 7) is 5.88. The lowest BCUT2D eigenvalue weighted by molar-refractivity contribution is 0.0522. The summed E-state index contributed by atoms with van der Waals surface area (Å²) in [4.78, 5) is 0. The molecule has 1 aromatic heterocycles. The second kappa shape index (κ2) is 6.14. The Kier molecular flexibility index (Phi) is 4.77. The molecule has 1 fully saturated rings. The van der Waals surface area contributed by atoms with Crippen LogP contribution in [0.4, 0.5) is 0 Å². The molecule has 6 heteroatoms. The van der Waals surface area contributed by atoms with Gasteiger partial charge in [-0.15, -0.1) is 0 Å². The number of hydrogen-bond acceptors (Lipinski definition) is 4. The molecule has 3 N–H and O–H groups in total. The molecule has 18 heavy (non-hydrogen) atoms. The highest BCUT2D eigenvalue weighted by Gasteiger charge is 2.29. The summed E-state index contributed by atoms with van der Waals surface area (Å²) in [5.41, 5.74) is 4.10. The van der Waals surface area contributed by atoms with Gasteiger partial charge < -0.3 is 4.74 Å². The van der Waals surface area contributed by atoms with E-state index in [9.17, 15) is 0 Å². The monoisotopic (exact) mass is 316 g/mol. The molecule has 0 saturated carbocycles. The molecule has 0 aliphatic carbocycles. The molecule has 2 heterocycles. The van der Waals surface area contributed by atoms with Crippen molar-refractivity contribution in [2.45, 2.75) is 38.8 Å². The molecular formula is C12H21BrN4O. The van der Waals surface area contributed by atoms with Crippen molar-refractivity contribution in [3.63, 3.8) is 0 Å². The smallest absolute Gasteiger partial charge is 0.0715 e. The summed E-state index contributed by atoms with van der Waals surface area (Å²) < 4.78 is 8.47. The number of halogens is 1. The van der Waals surface area contributed by atoms with Gasteiger partial charge in [0.2, 0.25) is 0 Å². The summed E-state index contributed by atoms with van der Waals surface area (Å²) in [5, 5.41) is 4.42. The van der Waals surface area contributed by atoms with Gasteiger partial charge in [0, 0.05) is 19.3 Å². The SMILES string of the molecule is CC(C)n1ncc(Br)c1C(NN)C1CCOCC1. The second-order valence-corrected chi connectivity index (χ2v) is 5.86. The molecule has 0 radical (unpaired) electrons. The molecule has 1 saturated heterocycles. The number of rotatable bonds is 4. The van der Waals surface area contributed by atoms with Crippen molar-refractivity contribution in [3.8, 4) is 0 Å². The minimum Gasteiger partial charge on any atom is -0.381 e. The molecule has 102 valence electrons. The molecule has 1 aromatic rings. The van der Waals surface area contributed by atoms with Gasteiger partial charge in [-0.05, 0) is 48.5 Å². The van der Waals surface area contributed by atoms with Crippen LogP contribution >= 0.6 is 15.9 Å². The van der Waals surface area contributed by atoms with Gasteiger partial charge in [0.25, 0.3) is 0 Å². The summed E-state index contributed by atoms with van der Waals surface area (Å²) in [7, 11) is 0. The van der Waals surface area contributed by atoms with Gasteiger partial charge in [-0.3, -0.25) is 16.0 Å². The molecule has 5 nitrogen and oxygen atoms in total. The van der Waals surface area contributed by atoms with Gasteiger partial charge in [0.1, 0.15) is 0 Å². The molecule has 1 aliphatic heterocycles. The lowest BCUT2D eigenvalue weighted by Gasteiger charge is -2.31. The molecule has 0 aromatic carbocycles. The van der Waals surface area contributed by atoms with Crippen LogP contribution in [-0.2, 0) is 4.74 Å². The molecule has 1 aliphatic rings. The van der Waals surface area contributed by atoms with Crippen LogP contribution in [-0.4, -0.2) is 23.0 Å². The Morgan fingerprint density at radius 2 is 2.17 bits per heavy atom. The lowest BCUT2D eigenvalue weighted by Crippen LogP contribution is -2.38. The first-order chi connectivity index (χ1) is 8.65. The van der Waals surface area contributed by atoms with Gasteiger partial charge in [-0.1, -0.05) is 0 Å². The maximum atomic E-state index is 5.78. The van der Waals surface area contributed by atoms with Crippen LogP contribution in [0, 0.1) is 5.92 Å². The van der Waals surface area contributed by atoms with Crippen molar-refractivity contribution < 1.29 is 4.74 Å². The maximum Gasteiger partial charge on any atom is 0.0715 e. The standard InChI is InChI=1S/C12H21BrN4O/c1-8(2)17-12(10(13)7-15-17)11(16-14)9-3-5-18-6-4-9/h7-9,11,16H,3-6,14H2,1-2H3. The zero-order valence-corrected chi connectivity index (χ0v) is 12.5. The van der Waals surface area contributed by atoms with E-state index in [4.69, 9.17) is 10.6 Å². The van der Waals surface area contributed by atoms with Crippen molar-refractivity contribution in [2.75, 3.05) is 13.2 Å². The number of hydrazine groups is 1. The third kappa shape index (κ3) is 2.77. The van der Waals surface area contributed by atoms with Crippen molar-refractivity contribution in [1.29, 1.82) is 0 Å². The second-order valence-electron chi connectivity index (χ2n) is 5.01. The average molecular weight is 317 g/mol. The average Bonchev–Trinajstić information content (AvgIpc) is 2.74. The molecule has 2 rings (SSSR count). The minimum absolute atomic E-state index is 0.119. The van der Waals surface area contributed by atoms with Crippen molar-refractivity contribution in [3.05, 3.63) is 16.4 Å². The van der Waals surface area contributed by atoms with E-state index in [1.54, 1.807) is 0 Å². The predicted molar refractivity (Wildman–Crippen MR) is 73.9 cm³/mol. The Labute approximate surface area is 116 Å². The third-order valence-electron chi connectivity index (χ3n) is 3.49. The third-order valence-corrected chi connectivity index (χ3v) is 4.10. The summed E-state index contributed by atoms with van der Waals surface area (Å²) in [6, 6.07) is 0.440. The minimum atomic E-state index is 0.119. The first-order valence-electron chi connectivity index (χ1n) is 6.42. The number of ether oxygens (including phenoxy) is 1. The van der Waals surface area contributed by atoms with Gasteiger partial charge in [0.05, 0.1) is 22.4 Å². The van der Waals surface area contributed by atoms with Crippen molar-refractivity contribution in [1.82, 2.24) is 15.2 Å². The first-order valence-corrected chi connectivity index (χ1v) is 7.21. The summed E-state index contributed by atoms with van der Waals surface area (Å²) in [5.74, 6) is 6.27. The fraction of sp³-hybridized carbons (Fsp3) is 0.750. The fourth-order valence-electron chi connectivity index (χ4n) is 2.54. The Morgan fingerprint density at radius 3 is 2.72 bits per heavy atom. The van der Waals surface area contributed by atoms with Crippen molar-refractivity contribution >= 4 is 15.9 Å². The van der Waals surface area contributed by atoms with Crippen LogP contribution in [0.25, 0.3) is 0 Å². The molecule has 0 amide bonds. The van der Waals surface area contributed by atoms with E-state index in [0.29, 0.717) is 12.0 Å². The van der Waals surface area contributed by atoms with Gasteiger partial charge >= 0.3 is 0 Å². The van der Waals surface area contributed by atoms with E-state index in [1.807, 2.05) is 10.9 Å². The van der Waals surface area contributed by atoms with Crippen LogP contribution in [0.1, 0.15) is 44.5 Å². The topological polar surface area (TPSA) is 65.1 Å². The zero-order valence-electron chi connectivity index (χ0n) is 10.9. The van der Waals surface area contributed by atoms with Gasteiger partial charge in [-0.25, -0.2) is 0 Å². The van der Waals surface area contributed by atoms with E-state index >= 15 is 0 Å². The Balaban J connectivity index is 2.28. The highest BCUT2D eigenvalue weighted by molar-refractivity contribution is 9.10. The molecule has 1 atom stereocenters. The van der Waals surface area contributed by atoms with E-state index in [1.165, 1.54) is 0 Å². The zero-order chi connectivity index (χ0) is 13.1. The van der Waals surface area contributed by atoms with Crippen LogP contribution in [0.2, 0.25) is 0 Å². The quantitative estimate of drug-likeness (QED) is 0.660. The predicted octanol–water partition coefficient (Wildman–Crippen LogP) is 2.16. The summed E-state index contributed by atoms with van der Waals surface area (Å²) >= 11 is 3.58. The molecule has 0 spiro atoms. The van der Waals surface area contributed by atoms with Crippen LogP contribution in [0.5, 0.6) is 0 Å². The van der Waals surface area contributed by atoms with Crippen LogP contribution in [0.15, 0.2) is 10.7 Å². The molecular weight excluding hydrogens is 296 g/mol.